The molecule has 0 bridgehead atoms. The number of carbonyl (C=O) groups excluding carboxylic acids is 2. The maximum absolute atomic E-state index is 13.5. The molecule has 0 unspecified atom stereocenters. The predicted molar refractivity (Wildman–Crippen MR) is 128 cm³/mol. The first kappa shape index (κ1) is 22.8. The van der Waals surface area contributed by atoms with Crippen molar-refractivity contribution in [1.82, 2.24) is 10.2 Å². The molecule has 4 nitrogen and oxygen atoms in total. The van der Waals surface area contributed by atoms with Gasteiger partial charge in [0.1, 0.15) is 6.04 Å². The fraction of sp³-hybridized carbons (Fsp3) is 0.231. The van der Waals surface area contributed by atoms with Crippen molar-refractivity contribution >= 4 is 27.7 Å². The topological polar surface area (TPSA) is 49.4 Å². The van der Waals surface area contributed by atoms with E-state index in [2.05, 4.69) is 21.2 Å². The van der Waals surface area contributed by atoms with Gasteiger partial charge in [-0.15, -0.1) is 0 Å². The average molecular weight is 479 g/mol. The fourth-order valence-electron chi connectivity index (χ4n) is 3.63. The van der Waals surface area contributed by atoms with Crippen LogP contribution in [0, 0.1) is 6.92 Å². The molecule has 31 heavy (non-hydrogen) atoms. The second-order valence-corrected chi connectivity index (χ2v) is 8.49. The van der Waals surface area contributed by atoms with Gasteiger partial charge in [-0.25, -0.2) is 0 Å². The highest BCUT2D eigenvalue weighted by atomic mass is 79.9. The monoisotopic (exact) mass is 478 g/mol. The maximum atomic E-state index is 13.5. The third-order valence-corrected chi connectivity index (χ3v) is 5.86. The van der Waals surface area contributed by atoms with Crippen molar-refractivity contribution in [3.63, 3.8) is 0 Å². The SMILES string of the molecule is CNC(=O)[C@@H](Cc1ccccc1)N(Cc1cccc(Br)c1)C(=O)Cc1ccccc1C. The van der Waals surface area contributed by atoms with E-state index in [1.165, 1.54) is 0 Å². The number of aryl methyl sites for hydroxylation is 1. The summed E-state index contributed by atoms with van der Waals surface area (Å²) in [5.41, 5.74) is 4.02. The second kappa shape index (κ2) is 10.9. The molecule has 5 heteroatoms. The minimum absolute atomic E-state index is 0.0705. The Balaban J connectivity index is 1.95. The molecule has 0 aliphatic heterocycles. The third kappa shape index (κ3) is 6.28. The molecule has 0 spiro atoms. The van der Waals surface area contributed by atoms with Gasteiger partial charge in [-0.3, -0.25) is 9.59 Å². The minimum Gasteiger partial charge on any atom is -0.357 e. The number of halogens is 1. The van der Waals surface area contributed by atoms with E-state index >= 15 is 0 Å². The first-order valence-corrected chi connectivity index (χ1v) is 11.1. The summed E-state index contributed by atoms with van der Waals surface area (Å²) in [6.45, 7) is 2.36. The highest BCUT2D eigenvalue weighted by Gasteiger charge is 2.30. The molecule has 3 rings (SSSR count). The van der Waals surface area contributed by atoms with Crippen molar-refractivity contribution in [2.45, 2.75) is 32.4 Å². The molecule has 3 aromatic rings. The van der Waals surface area contributed by atoms with Gasteiger partial charge in [0, 0.05) is 24.5 Å². The average Bonchev–Trinajstić information content (AvgIpc) is 2.78. The molecule has 0 fully saturated rings. The molecular weight excluding hydrogens is 452 g/mol. The molecule has 0 saturated carbocycles. The number of rotatable bonds is 8. The summed E-state index contributed by atoms with van der Waals surface area (Å²) in [5.74, 6) is -0.240. The summed E-state index contributed by atoms with van der Waals surface area (Å²) in [5, 5.41) is 2.75. The minimum atomic E-state index is -0.608. The highest BCUT2D eigenvalue weighted by Crippen LogP contribution is 2.19. The number of hydrogen-bond acceptors (Lipinski definition) is 2. The van der Waals surface area contributed by atoms with E-state index < -0.39 is 6.04 Å². The van der Waals surface area contributed by atoms with E-state index in [4.69, 9.17) is 0 Å². The molecular formula is C26H27BrN2O2. The number of benzene rings is 3. The van der Waals surface area contributed by atoms with Crippen LogP contribution in [-0.4, -0.2) is 29.8 Å². The number of nitrogens with one attached hydrogen (secondary N) is 1. The van der Waals surface area contributed by atoms with Crippen LogP contribution in [0.1, 0.15) is 22.3 Å². The summed E-state index contributed by atoms with van der Waals surface area (Å²) in [6.07, 6.45) is 0.705. The maximum Gasteiger partial charge on any atom is 0.242 e. The van der Waals surface area contributed by atoms with Crippen molar-refractivity contribution in [3.8, 4) is 0 Å². The Bertz CT molecular complexity index is 1040. The molecule has 1 atom stereocenters. The van der Waals surface area contributed by atoms with E-state index in [1.807, 2.05) is 85.8 Å². The van der Waals surface area contributed by atoms with Crippen LogP contribution in [0.2, 0.25) is 0 Å². The first-order chi connectivity index (χ1) is 15.0. The van der Waals surface area contributed by atoms with E-state index in [1.54, 1.807) is 11.9 Å². The van der Waals surface area contributed by atoms with Crippen LogP contribution >= 0.6 is 15.9 Å². The molecule has 0 saturated heterocycles. The molecule has 0 aromatic heterocycles. The van der Waals surface area contributed by atoms with E-state index in [0.717, 1.165) is 26.7 Å². The van der Waals surface area contributed by atoms with Crippen LogP contribution in [-0.2, 0) is 29.0 Å². The molecule has 0 aliphatic carbocycles. The normalized spacial score (nSPS) is 11.6. The van der Waals surface area contributed by atoms with E-state index in [0.29, 0.717) is 13.0 Å². The lowest BCUT2D eigenvalue weighted by Gasteiger charge is -2.31. The number of hydrogen-bond donors (Lipinski definition) is 1. The summed E-state index contributed by atoms with van der Waals surface area (Å²) in [7, 11) is 1.61. The lowest BCUT2D eigenvalue weighted by Crippen LogP contribution is -2.50. The standard InChI is InChI=1S/C26H27BrN2O2/c1-19-9-6-7-13-22(19)17-25(30)29(18-21-12-8-14-23(27)15-21)24(26(31)28-2)16-20-10-4-3-5-11-20/h3-15,24H,16-18H2,1-2H3,(H,28,31)/t24-/m1/s1. The number of amides is 2. The molecule has 3 aromatic carbocycles. The molecule has 0 heterocycles. The van der Waals surface area contributed by atoms with Crippen LogP contribution in [0.4, 0.5) is 0 Å². The van der Waals surface area contributed by atoms with Crippen molar-refractivity contribution in [2.24, 2.45) is 0 Å². The van der Waals surface area contributed by atoms with Crippen LogP contribution in [0.25, 0.3) is 0 Å². The van der Waals surface area contributed by atoms with Crippen LogP contribution in [0.5, 0.6) is 0 Å². The summed E-state index contributed by atoms with van der Waals surface area (Å²) in [4.78, 5) is 28.2. The Morgan fingerprint density at radius 2 is 1.61 bits per heavy atom. The van der Waals surface area contributed by atoms with Gasteiger partial charge in [0.2, 0.25) is 11.8 Å². The van der Waals surface area contributed by atoms with Gasteiger partial charge < -0.3 is 10.2 Å². The predicted octanol–water partition coefficient (Wildman–Crippen LogP) is 4.69. The van der Waals surface area contributed by atoms with E-state index in [-0.39, 0.29) is 18.2 Å². The Hall–Kier alpha value is -2.92. The number of carbonyl (C=O) groups is 2. The molecule has 2 amide bonds. The third-order valence-electron chi connectivity index (χ3n) is 5.36. The van der Waals surface area contributed by atoms with Gasteiger partial charge >= 0.3 is 0 Å². The van der Waals surface area contributed by atoms with Gasteiger partial charge in [0.15, 0.2) is 0 Å². The zero-order chi connectivity index (χ0) is 22.2. The highest BCUT2D eigenvalue weighted by molar-refractivity contribution is 9.10. The molecule has 0 aliphatic rings. The van der Waals surface area contributed by atoms with E-state index in [9.17, 15) is 9.59 Å². The van der Waals surface area contributed by atoms with Crippen molar-refractivity contribution < 1.29 is 9.59 Å². The summed E-state index contributed by atoms with van der Waals surface area (Å²) in [6, 6.07) is 24.9. The quantitative estimate of drug-likeness (QED) is 0.510. The Labute approximate surface area is 192 Å². The smallest absolute Gasteiger partial charge is 0.242 e. The second-order valence-electron chi connectivity index (χ2n) is 7.57. The van der Waals surface area contributed by atoms with Gasteiger partial charge in [-0.1, -0.05) is 82.7 Å². The lowest BCUT2D eigenvalue weighted by atomic mass is 10.0. The largest absolute Gasteiger partial charge is 0.357 e. The van der Waals surface area contributed by atoms with Crippen LogP contribution in [0.3, 0.4) is 0 Å². The lowest BCUT2D eigenvalue weighted by molar-refractivity contribution is -0.140. The van der Waals surface area contributed by atoms with Crippen LogP contribution < -0.4 is 5.32 Å². The Morgan fingerprint density at radius 1 is 0.935 bits per heavy atom. The zero-order valence-corrected chi connectivity index (χ0v) is 19.4. The molecule has 0 radical (unpaired) electrons. The molecule has 160 valence electrons. The van der Waals surface area contributed by atoms with Crippen molar-refractivity contribution in [2.75, 3.05) is 7.05 Å². The Morgan fingerprint density at radius 3 is 2.29 bits per heavy atom. The number of nitrogens with zero attached hydrogens (tertiary/aromatic N) is 1. The fourth-order valence-corrected chi connectivity index (χ4v) is 4.07. The Kier molecular flexibility index (Phi) is 8.01. The first-order valence-electron chi connectivity index (χ1n) is 10.3. The van der Waals surface area contributed by atoms with Crippen molar-refractivity contribution in [3.05, 3.63) is 106 Å². The van der Waals surface area contributed by atoms with Gasteiger partial charge in [-0.05, 0) is 41.3 Å². The zero-order valence-electron chi connectivity index (χ0n) is 17.8. The van der Waals surface area contributed by atoms with Gasteiger partial charge in [-0.2, -0.15) is 0 Å². The summed E-state index contributed by atoms with van der Waals surface area (Å²) >= 11 is 3.50. The van der Waals surface area contributed by atoms with Crippen molar-refractivity contribution in [1.29, 1.82) is 0 Å². The summed E-state index contributed by atoms with van der Waals surface area (Å²) < 4.78 is 0.941. The van der Waals surface area contributed by atoms with Crippen LogP contribution in [0.15, 0.2) is 83.3 Å². The van der Waals surface area contributed by atoms with Gasteiger partial charge in [0.05, 0.1) is 6.42 Å². The number of likely N-dealkylation sites (N-methyl/N-ethyl adjacent to an activating group) is 1. The van der Waals surface area contributed by atoms with Gasteiger partial charge in [0.25, 0.3) is 0 Å². The molecule has 1 N–H and O–H groups in total.